The number of thiophene rings is 1. The Morgan fingerprint density at radius 1 is 1.24 bits per heavy atom. The summed E-state index contributed by atoms with van der Waals surface area (Å²) in [5.74, 6) is 0.0134. The fourth-order valence-corrected chi connectivity index (χ4v) is 3.46. The zero-order valence-corrected chi connectivity index (χ0v) is 13.4. The van der Waals surface area contributed by atoms with Crippen molar-refractivity contribution in [2.45, 2.75) is 13.8 Å². The molecule has 3 rings (SSSR count). The maximum atomic E-state index is 12.6. The minimum absolute atomic E-state index is 0.0134. The maximum absolute atomic E-state index is 12.6. The van der Waals surface area contributed by atoms with Crippen molar-refractivity contribution in [1.29, 1.82) is 0 Å². The van der Waals surface area contributed by atoms with Gasteiger partial charge in [-0.3, -0.25) is 9.48 Å². The van der Waals surface area contributed by atoms with Gasteiger partial charge in [-0.05, 0) is 32.0 Å². The van der Waals surface area contributed by atoms with Crippen molar-refractivity contribution in [2.75, 3.05) is 11.9 Å². The van der Waals surface area contributed by atoms with Crippen LogP contribution in [0.1, 0.15) is 20.9 Å². The zero-order valence-electron chi connectivity index (χ0n) is 12.5. The second kappa shape index (κ2) is 5.00. The number of carbonyl (C=O) groups excluding carboxylic acids is 1. The molecule has 0 atom stereocenters. The quantitative estimate of drug-likeness (QED) is 0.726. The molecule has 0 fully saturated rings. The van der Waals surface area contributed by atoms with Crippen LogP contribution in [0.3, 0.4) is 0 Å². The van der Waals surface area contributed by atoms with Gasteiger partial charge in [-0.1, -0.05) is 17.7 Å². The summed E-state index contributed by atoms with van der Waals surface area (Å²) in [5.41, 5.74) is 3.04. The molecular weight excluding hydrogens is 282 g/mol. The van der Waals surface area contributed by atoms with Crippen LogP contribution in [-0.4, -0.2) is 22.7 Å². The number of benzene rings is 1. The highest BCUT2D eigenvalue weighted by atomic mass is 32.1. The Hall–Kier alpha value is -2.14. The zero-order chi connectivity index (χ0) is 15.1. The first-order chi connectivity index (χ1) is 9.97. The lowest BCUT2D eigenvalue weighted by molar-refractivity contribution is 0.0997. The Labute approximate surface area is 127 Å². The summed E-state index contributed by atoms with van der Waals surface area (Å²) in [7, 11) is 3.71. The Kier molecular flexibility index (Phi) is 3.29. The van der Waals surface area contributed by atoms with Crippen LogP contribution in [0.5, 0.6) is 0 Å². The summed E-state index contributed by atoms with van der Waals surface area (Å²) in [5, 5.41) is 5.42. The number of rotatable bonds is 2. The largest absolute Gasteiger partial charge is 0.311 e. The van der Waals surface area contributed by atoms with Crippen molar-refractivity contribution in [1.82, 2.24) is 9.78 Å². The summed E-state index contributed by atoms with van der Waals surface area (Å²) >= 11 is 1.49. The van der Waals surface area contributed by atoms with Crippen LogP contribution in [0.15, 0.2) is 30.3 Å². The van der Waals surface area contributed by atoms with Gasteiger partial charge in [0.05, 0.1) is 10.6 Å². The Morgan fingerprint density at radius 3 is 2.52 bits per heavy atom. The molecule has 3 aromatic rings. The van der Waals surface area contributed by atoms with Crippen LogP contribution in [0.25, 0.3) is 10.2 Å². The minimum atomic E-state index is 0.0134. The van der Waals surface area contributed by atoms with E-state index in [9.17, 15) is 4.79 Å². The molecule has 0 aliphatic rings. The Bertz CT molecular complexity index is 780. The van der Waals surface area contributed by atoms with Gasteiger partial charge >= 0.3 is 0 Å². The standard InChI is InChI=1S/C16H17N3OS/c1-10-5-7-12(8-6-10)18(3)15(20)14-9-13-11(2)17-19(4)16(13)21-14/h5-9H,1-4H3. The highest BCUT2D eigenvalue weighted by molar-refractivity contribution is 7.20. The molecule has 0 bridgehead atoms. The van der Waals surface area contributed by atoms with E-state index in [1.165, 1.54) is 16.9 Å². The van der Waals surface area contributed by atoms with Gasteiger partial charge < -0.3 is 4.90 Å². The molecule has 108 valence electrons. The van der Waals surface area contributed by atoms with Gasteiger partial charge in [-0.25, -0.2) is 0 Å². The highest BCUT2D eigenvalue weighted by Gasteiger charge is 2.19. The molecule has 2 aromatic heterocycles. The van der Waals surface area contributed by atoms with E-state index in [1.807, 2.05) is 63.0 Å². The van der Waals surface area contributed by atoms with E-state index in [0.717, 1.165) is 26.5 Å². The van der Waals surface area contributed by atoms with E-state index in [2.05, 4.69) is 5.10 Å². The second-order valence-electron chi connectivity index (χ2n) is 5.24. The maximum Gasteiger partial charge on any atom is 0.268 e. The van der Waals surface area contributed by atoms with Gasteiger partial charge in [0.2, 0.25) is 0 Å². The number of amides is 1. The number of hydrogen-bond donors (Lipinski definition) is 0. The number of carbonyl (C=O) groups is 1. The summed E-state index contributed by atoms with van der Waals surface area (Å²) in [6.45, 7) is 4.00. The van der Waals surface area contributed by atoms with Crippen LogP contribution in [-0.2, 0) is 7.05 Å². The summed E-state index contributed by atoms with van der Waals surface area (Å²) in [4.78, 5) is 16.1. The number of aryl methyl sites for hydroxylation is 3. The van der Waals surface area contributed by atoms with E-state index in [-0.39, 0.29) is 5.91 Å². The lowest BCUT2D eigenvalue weighted by Gasteiger charge is -2.16. The van der Waals surface area contributed by atoms with Crippen molar-refractivity contribution < 1.29 is 4.79 Å². The van der Waals surface area contributed by atoms with Crippen LogP contribution < -0.4 is 4.90 Å². The topological polar surface area (TPSA) is 38.1 Å². The van der Waals surface area contributed by atoms with Crippen LogP contribution in [0, 0.1) is 13.8 Å². The number of anilines is 1. The number of aromatic nitrogens is 2. The summed E-state index contributed by atoms with van der Waals surface area (Å²) in [6, 6.07) is 9.90. The average Bonchev–Trinajstić information content (AvgIpc) is 3.01. The normalized spacial score (nSPS) is 11.0. The first-order valence-corrected chi connectivity index (χ1v) is 7.57. The van der Waals surface area contributed by atoms with Gasteiger partial charge in [0.1, 0.15) is 4.83 Å². The fraction of sp³-hybridized carbons (Fsp3) is 0.250. The fourth-order valence-electron chi connectivity index (χ4n) is 2.36. The molecule has 5 heteroatoms. The smallest absolute Gasteiger partial charge is 0.268 e. The molecule has 0 spiro atoms. The van der Waals surface area contributed by atoms with Crippen molar-refractivity contribution >= 4 is 33.1 Å². The van der Waals surface area contributed by atoms with Crippen molar-refractivity contribution in [3.63, 3.8) is 0 Å². The number of nitrogens with zero attached hydrogens (tertiary/aromatic N) is 3. The molecule has 4 nitrogen and oxygen atoms in total. The summed E-state index contributed by atoms with van der Waals surface area (Å²) in [6.07, 6.45) is 0. The average molecular weight is 299 g/mol. The molecule has 0 saturated heterocycles. The van der Waals surface area contributed by atoms with Crippen molar-refractivity contribution in [3.05, 3.63) is 46.5 Å². The van der Waals surface area contributed by atoms with Gasteiger partial charge in [-0.15, -0.1) is 11.3 Å². The van der Waals surface area contributed by atoms with E-state index >= 15 is 0 Å². The lowest BCUT2D eigenvalue weighted by Crippen LogP contribution is -2.25. The third-order valence-electron chi connectivity index (χ3n) is 3.63. The first kappa shape index (κ1) is 13.8. The molecule has 0 unspecified atom stereocenters. The summed E-state index contributed by atoms with van der Waals surface area (Å²) < 4.78 is 1.83. The van der Waals surface area contributed by atoms with E-state index in [0.29, 0.717) is 0 Å². The number of fused-ring (bicyclic) bond motifs is 1. The predicted molar refractivity (Wildman–Crippen MR) is 87.2 cm³/mol. The van der Waals surface area contributed by atoms with E-state index < -0.39 is 0 Å². The van der Waals surface area contributed by atoms with Gasteiger partial charge in [-0.2, -0.15) is 5.10 Å². The monoisotopic (exact) mass is 299 g/mol. The minimum Gasteiger partial charge on any atom is -0.311 e. The second-order valence-corrected chi connectivity index (χ2v) is 6.27. The molecule has 0 N–H and O–H groups in total. The Balaban J connectivity index is 1.96. The lowest BCUT2D eigenvalue weighted by atomic mass is 10.2. The van der Waals surface area contributed by atoms with Crippen molar-refractivity contribution in [3.8, 4) is 0 Å². The molecule has 0 aliphatic carbocycles. The molecule has 0 radical (unpaired) electrons. The van der Waals surface area contributed by atoms with Crippen LogP contribution in [0.2, 0.25) is 0 Å². The van der Waals surface area contributed by atoms with E-state index in [4.69, 9.17) is 0 Å². The first-order valence-electron chi connectivity index (χ1n) is 6.75. The highest BCUT2D eigenvalue weighted by Crippen LogP contribution is 2.29. The van der Waals surface area contributed by atoms with E-state index in [1.54, 1.807) is 4.90 Å². The molecule has 0 saturated carbocycles. The van der Waals surface area contributed by atoms with Gasteiger partial charge in [0.15, 0.2) is 0 Å². The molecule has 0 aliphatic heterocycles. The third kappa shape index (κ3) is 2.34. The molecule has 2 heterocycles. The van der Waals surface area contributed by atoms with Crippen LogP contribution in [0.4, 0.5) is 5.69 Å². The molecule has 21 heavy (non-hydrogen) atoms. The number of hydrogen-bond acceptors (Lipinski definition) is 3. The molecular formula is C16H17N3OS. The van der Waals surface area contributed by atoms with Gasteiger partial charge in [0.25, 0.3) is 5.91 Å². The predicted octanol–water partition coefficient (Wildman–Crippen LogP) is 3.53. The SMILES string of the molecule is Cc1ccc(N(C)C(=O)c2cc3c(C)nn(C)c3s2)cc1. The molecule has 1 aromatic carbocycles. The molecule has 1 amide bonds. The third-order valence-corrected chi connectivity index (χ3v) is 4.82. The Morgan fingerprint density at radius 2 is 1.90 bits per heavy atom. The van der Waals surface area contributed by atoms with Crippen molar-refractivity contribution in [2.24, 2.45) is 7.05 Å². The van der Waals surface area contributed by atoms with Gasteiger partial charge in [0, 0.05) is 25.2 Å². The van der Waals surface area contributed by atoms with Crippen LogP contribution >= 0.6 is 11.3 Å².